The van der Waals surface area contributed by atoms with Crippen LogP contribution in [0.3, 0.4) is 0 Å². The molecule has 7 atom stereocenters. The van der Waals surface area contributed by atoms with Crippen LogP contribution in [0.1, 0.15) is 446 Å². The van der Waals surface area contributed by atoms with Gasteiger partial charge in [-0.1, -0.05) is 395 Å². The van der Waals surface area contributed by atoms with Gasteiger partial charge >= 0.3 is 39.5 Å². The molecule has 4 unspecified atom stereocenters. The van der Waals surface area contributed by atoms with E-state index in [2.05, 4.69) is 41.5 Å². The second kappa shape index (κ2) is 75.5. The Kier molecular flexibility index (Phi) is 74.1. The average Bonchev–Trinajstić information content (AvgIpc) is 0.915. The molecule has 0 spiro atoms. The van der Waals surface area contributed by atoms with Crippen molar-refractivity contribution in [2.24, 2.45) is 11.8 Å². The molecule has 0 bridgehead atoms. The molecule has 0 aliphatic rings. The Balaban J connectivity index is 5.25. The van der Waals surface area contributed by atoms with Crippen LogP contribution in [0.15, 0.2) is 0 Å². The zero-order valence-corrected chi connectivity index (χ0v) is 69.4. The molecular weight excluding hydrogens is 1340 g/mol. The molecular formula is C84H164O17P2. The number of carbonyl (C=O) groups is 4. The predicted molar refractivity (Wildman–Crippen MR) is 423 cm³/mol. The summed E-state index contributed by atoms with van der Waals surface area (Å²) in [5.41, 5.74) is 0. The van der Waals surface area contributed by atoms with Crippen LogP contribution in [-0.4, -0.2) is 96.7 Å². The fraction of sp³-hybridized carbons (Fsp3) is 0.952. The third kappa shape index (κ3) is 75.3. The molecule has 0 fully saturated rings. The number of aliphatic hydroxyl groups excluding tert-OH is 1. The van der Waals surface area contributed by atoms with Crippen molar-refractivity contribution in [3.63, 3.8) is 0 Å². The molecule has 0 heterocycles. The largest absolute Gasteiger partial charge is 0.472 e. The van der Waals surface area contributed by atoms with Crippen LogP contribution in [0.5, 0.6) is 0 Å². The molecule has 0 aliphatic heterocycles. The van der Waals surface area contributed by atoms with Crippen molar-refractivity contribution >= 4 is 39.5 Å². The summed E-state index contributed by atoms with van der Waals surface area (Å²) >= 11 is 0. The first-order chi connectivity index (χ1) is 49.9. The molecule has 0 saturated heterocycles. The minimum absolute atomic E-state index is 0.107. The van der Waals surface area contributed by atoms with Crippen LogP contribution in [-0.2, 0) is 65.4 Å². The zero-order valence-electron chi connectivity index (χ0n) is 67.6. The molecule has 0 aliphatic carbocycles. The lowest BCUT2D eigenvalue weighted by Crippen LogP contribution is -2.30. The minimum atomic E-state index is -4.96. The van der Waals surface area contributed by atoms with Crippen LogP contribution in [0, 0.1) is 11.8 Å². The van der Waals surface area contributed by atoms with Gasteiger partial charge in [0.25, 0.3) is 0 Å². The maximum atomic E-state index is 13.1. The van der Waals surface area contributed by atoms with Gasteiger partial charge in [0.1, 0.15) is 19.3 Å². The number of aliphatic hydroxyl groups is 1. The van der Waals surface area contributed by atoms with Gasteiger partial charge < -0.3 is 33.8 Å². The lowest BCUT2D eigenvalue weighted by Gasteiger charge is -2.21. The van der Waals surface area contributed by atoms with Gasteiger partial charge in [-0.3, -0.25) is 37.3 Å². The van der Waals surface area contributed by atoms with Crippen LogP contribution in [0.25, 0.3) is 0 Å². The number of phosphoric ester groups is 2. The van der Waals surface area contributed by atoms with E-state index in [1.807, 2.05) is 0 Å². The monoisotopic (exact) mass is 1510 g/mol. The first-order valence-corrected chi connectivity index (χ1v) is 46.6. The summed E-state index contributed by atoms with van der Waals surface area (Å²) in [5.74, 6) is -0.476. The smallest absolute Gasteiger partial charge is 0.462 e. The Morgan fingerprint density at radius 3 is 0.689 bits per heavy atom. The Morgan fingerprint density at radius 1 is 0.272 bits per heavy atom. The molecule has 612 valence electrons. The molecule has 0 saturated carbocycles. The number of phosphoric acid groups is 2. The molecule has 0 rings (SSSR count). The molecule has 0 aromatic heterocycles. The van der Waals surface area contributed by atoms with Crippen LogP contribution < -0.4 is 0 Å². The van der Waals surface area contributed by atoms with E-state index in [-0.39, 0.29) is 25.7 Å². The Morgan fingerprint density at radius 2 is 0.466 bits per heavy atom. The summed E-state index contributed by atoms with van der Waals surface area (Å²) in [7, 11) is -9.92. The standard InChI is InChI=1S/C84H164O17P2/c1-7-11-13-15-17-19-21-23-24-25-26-27-28-29-35-39-43-51-57-63-69-84(89)100-79(72-94-81(86)66-60-54-48-41-37-34-31-30-33-36-40-46-52-58-64-76(5)9-3)74-98-102(90,91)96-70-78(85)71-97-103(92,93)99-75-80(73-95-82(87)67-61-55-49-45-44-47-53-59-65-77(6)10-4)101-83(88)68-62-56-50-42-38-32-22-20-18-16-14-12-8-2/h76-80,85H,7-75H2,1-6H3,(H,90,91)(H,92,93)/t76?,77?,78-,79-,80-/m1/s1. The van der Waals surface area contributed by atoms with Gasteiger partial charge in [0, 0.05) is 25.7 Å². The number of hydrogen-bond donors (Lipinski definition) is 3. The first kappa shape index (κ1) is 101. The molecule has 103 heavy (non-hydrogen) atoms. The molecule has 17 nitrogen and oxygen atoms in total. The third-order valence-corrected chi connectivity index (χ3v) is 22.3. The average molecular weight is 1510 g/mol. The number of rotatable bonds is 83. The first-order valence-electron chi connectivity index (χ1n) is 43.6. The highest BCUT2D eigenvalue weighted by Crippen LogP contribution is 2.45. The summed E-state index contributed by atoms with van der Waals surface area (Å²) in [6, 6.07) is 0. The van der Waals surface area contributed by atoms with E-state index in [9.17, 15) is 43.2 Å². The maximum absolute atomic E-state index is 13.1. The van der Waals surface area contributed by atoms with Gasteiger partial charge in [0.15, 0.2) is 12.2 Å². The summed E-state index contributed by atoms with van der Waals surface area (Å²) in [5, 5.41) is 10.7. The van der Waals surface area contributed by atoms with Crippen molar-refractivity contribution < 1.29 is 80.2 Å². The van der Waals surface area contributed by atoms with Gasteiger partial charge in [-0.2, -0.15) is 0 Å². The molecule has 0 aromatic carbocycles. The van der Waals surface area contributed by atoms with E-state index in [0.29, 0.717) is 25.7 Å². The molecule has 0 aromatic rings. The predicted octanol–water partition coefficient (Wildman–Crippen LogP) is 25.5. The quantitative estimate of drug-likeness (QED) is 0.0222. The van der Waals surface area contributed by atoms with Gasteiger partial charge in [-0.15, -0.1) is 0 Å². The van der Waals surface area contributed by atoms with Gasteiger partial charge in [0.2, 0.25) is 0 Å². The normalized spacial score (nSPS) is 14.4. The summed E-state index contributed by atoms with van der Waals surface area (Å²) in [4.78, 5) is 73.2. The number of hydrogen-bond acceptors (Lipinski definition) is 15. The number of ether oxygens (including phenoxy) is 4. The second-order valence-electron chi connectivity index (χ2n) is 30.7. The van der Waals surface area contributed by atoms with E-state index in [1.54, 1.807) is 0 Å². The van der Waals surface area contributed by atoms with Crippen LogP contribution in [0.2, 0.25) is 0 Å². The number of unbranched alkanes of at least 4 members (excludes halogenated alkanes) is 51. The van der Waals surface area contributed by atoms with Crippen molar-refractivity contribution in [2.45, 2.75) is 464 Å². The lowest BCUT2D eigenvalue weighted by atomic mass is 9.99. The number of esters is 4. The highest BCUT2D eigenvalue weighted by molar-refractivity contribution is 7.47. The second-order valence-corrected chi connectivity index (χ2v) is 33.6. The fourth-order valence-electron chi connectivity index (χ4n) is 13.0. The highest BCUT2D eigenvalue weighted by atomic mass is 31.2. The van der Waals surface area contributed by atoms with Gasteiger partial charge in [-0.25, -0.2) is 9.13 Å². The maximum Gasteiger partial charge on any atom is 0.472 e. The van der Waals surface area contributed by atoms with E-state index in [0.717, 1.165) is 102 Å². The van der Waals surface area contributed by atoms with E-state index >= 15 is 0 Å². The summed E-state index contributed by atoms with van der Waals surface area (Å²) in [6.45, 7) is 9.72. The van der Waals surface area contributed by atoms with Crippen molar-refractivity contribution in [3.05, 3.63) is 0 Å². The zero-order chi connectivity index (χ0) is 75.6. The van der Waals surface area contributed by atoms with Crippen molar-refractivity contribution in [3.8, 4) is 0 Å². The minimum Gasteiger partial charge on any atom is -0.462 e. The van der Waals surface area contributed by atoms with Crippen molar-refractivity contribution in [1.82, 2.24) is 0 Å². The number of carbonyl (C=O) groups excluding carboxylic acids is 4. The van der Waals surface area contributed by atoms with Crippen LogP contribution >= 0.6 is 15.6 Å². The highest BCUT2D eigenvalue weighted by Gasteiger charge is 2.30. The summed E-state index contributed by atoms with van der Waals surface area (Å²) in [6.07, 6.45) is 66.5. The van der Waals surface area contributed by atoms with Crippen molar-refractivity contribution in [2.75, 3.05) is 39.6 Å². The Hall–Kier alpha value is -1.94. The van der Waals surface area contributed by atoms with E-state index < -0.39 is 97.5 Å². The van der Waals surface area contributed by atoms with Crippen molar-refractivity contribution in [1.29, 1.82) is 0 Å². The van der Waals surface area contributed by atoms with Crippen LogP contribution in [0.4, 0.5) is 0 Å². The Labute approximate surface area is 632 Å². The summed E-state index contributed by atoms with van der Waals surface area (Å²) < 4.78 is 68.8. The molecule has 0 amide bonds. The van der Waals surface area contributed by atoms with E-state index in [1.165, 1.54) is 263 Å². The fourth-order valence-corrected chi connectivity index (χ4v) is 14.6. The van der Waals surface area contributed by atoms with Gasteiger partial charge in [0.05, 0.1) is 26.4 Å². The molecule has 19 heteroatoms. The lowest BCUT2D eigenvalue weighted by molar-refractivity contribution is -0.161. The third-order valence-electron chi connectivity index (χ3n) is 20.4. The Bertz CT molecular complexity index is 1980. The van der Waals surface area contributed by atoms with Gasteiger partial charge in [-0.05, 0) is 37.5 Å². The molecule has 0 radical (unpaired) electrons. The molecule has 3 N–H and O–H groups in total. The van der Waals surface area contributed by atoms with E-state index in [4.69, 9.17) is 37.0 Å². The SMILES string of the molecule is CCCCCCCCCCCCCCCCCCCCCCC(=O)O[C@H](COC(=O)CCCCCCCCCCCCCCCCC(C)CC)COP(=O)(O)OC[C@@H](O)COP(=O)(O)OC[C@@H](COC(=O)CCCCCCCCCCC(C)CC)OC(=O)CCCCCCCCCCCCCCC. The topological polar surface area (TPSA) is 237 Å².